The zero-order chi connectivity index (χ0) is 17.9. The Bertz CT molecular complexity index is 515. The summed E-state index contributed by atoms with van der Waals surface area (Å²) in [7, 11) is 4.01. The van der Waals surface area contributed by atoms with Crippen LogP contribution in [0.15, 0.2) is 24.3 Å². The topological polar surface area (TPSA) is 61.9 Å². The maximum atomic E-state index is 11.8. The molecule has 134 valence electrons. The van der Waals surface area contributed by atoms with E-state index < -0.39 is 0 Å². The SMILES string of the molecule is CC(=O)N(CCCN(C)C)CCNC(=O)COc1ccc(C)cc1. The third kappa shape index (κ3) is 8.53. The highest BCUT2D eigenvalue weighted by molar-refractivity contribution is 5.77. The summed E-state index contributed by atoms with van der Waals surface area (Å²) in [5, 5.41) is 2.78. The number of ether oxygens (including phenoxy) is 1. The molecular weight excluding hydrogens is 306 g/mol. The van der Waals surface area contributed by atoms with E-state index in [9.17, 15) is 9.59 Å². The average molecular weight is 335 g/mol. The molecule has 1 aromatic rings. The van der Waals surface area contributed by atoms with E-state index in [1.807, 2.05) is 45.3 Å². The smallest absolute Gasteiger partial charge is 0.258 e. The van der Waals surface area contributed by atoms with Crippen molar-refractivity contribution < 1.29 is 14.3 Å². The van der Waals surface area contributed by atoms with Gasteiger partial charge in [-0.1, -0.05) is 17.7 Å². The molecule has 0 aliphatic carbocycles. The lowest BCUT2D eigenvalue weighted by molar-refractivity contribution is -0.129. The zero-order valence-electron chi connectivity index (χ0n) is 15.2. The second-order valence-electron chi connectivity index (χ2n) is 6.11. The Kier molecular flexibility index (Phi) is 8.86. The van der Waals surface area contributed by atoms with Crippen LogP contribution in [0.1, 0.15) is 18.9 Å². The lowest BCUT2D eigenvalue weighted by Crippen LogP contribution is -2.39. The highest BCUT2D eigenvalue weighted by atomic mass is 16.5. The number of hydrogen-bond acceptors (Lipinski definition) is 4. The van der Waals surface area contributed by atoms with E-state index >= 15 is 0 Å². The van der Waals surface area contributed by atoms with Gasteiger partial charge in [0.15, 0.2) is 6.61 Å². The Hall–Kier alpha value is -2.08. The Morgan fingerprint density at radius 3 is 2.33 bits per heavy atom. The number of benzene rings is 1. The molecule has 6 nitrogen and oxygen atoms in total. The van der Waals surface area contributed by atoms with Crippen LogP contribution in [0.25, 0.3) is 0 Å². The predicted molar refractivity (Wildman–Crippen MR) is 95.1 cm³/mol. The van der Waals surface area contributed by atoms with Crippen LogP contribution in [0.4, 0.5) is 0 Å². The molecule has 0 spiro atoms. The van der Waals surface area contributed by atoms with E-state index in [0.717, 1.165) is 18.5 Å². The van der Waals surface area contributed by atoms with Gasteiger partial charge in [0.05, 0.1) is 0 Å². The Labute approximate surface area is 144 Å². The molecular formula is C18H29N3O3. The number of nitrogens with one attached hydrogen (secondary N) is 1. The molecule has 0 aromatic heterocycles. The second-order valence-corrected chi connectivity index (χ2v) is 6.11. The maximum absolute atomic E-state index is 11.8. The Morgan fingerprint density at radius 1 is 1.08 bits per heavy atom. The number of carbonyl (C=O) groups excluding carboxylic acids is 2. The van der Waals surface area contributed by atoms with E-state index in [2.05, 4.69) is 10.2 Å². The Balaban J connectivity index is 2.24. The highest BCUT2D eigenvalue weighted by Crippen LogP contribution is 2.10. The standard InChI is InChI=1S/C18H29N3O3/c1-15-6-8-17(9-7-15)24-14-18(23)19-10-13-21(16(2)22)12-5-11-20(3)4/h6-9H,5,10-14H2,1-4H3,(H,19,23). The fraction of sp³-hybridized carbons (Fsp3) is 0.556. The van der Waals surface area contributed by atoms with Crippen LogP contribution < -0.4 is 10.1 Å². The molecule has 0 aliphatic rings. The third-order valence-electron chi connectivity index (χ3n) is 3.57. The zero-order valence-corrected chi connectivity index (χ0v) is 15.2. The van der Waals surface area contributed by atoms with Crippen LogP contribution >= 0.6 is 0 Å². The summed E-state index contributed by atoms with van der Waals surface area (Å²) in [4.78, 5) is 27.2. The van der Waals surface area contributed by atoms with Gasteiger partial charge < -0.3 is 19.9 Å². The minimum Gasteiger partial charge on any atom is -0.484 e. The van der Waals surface area contributed by atoms with Crippen LogP contribution in [0.2, 0.25) is 0 Å². The van der Waals surface area contributed by atoms with Gasteiger partial charge in [-0.05, 0) is 46.1 Å². The minimum absolute atomic E-state index is 0.0240. The van der Waals surface area contributed by atoms with Crippen LogP contribution in [0.5, 0.6) is 5.75 Å². The molecule has 24 heavy (non-hydrogen) atoms. The number of amides is 2. The van der Waals surface area contributed by atoms with Crippen molar-refractivity contribution in [1.29, 1.82) is 0 Å². The fourth-order valence-corrected chi connectivity index (χ4v) is 2.17. The maximum Gasteiger partial charge on any atom is 0.258 e. The van der Waals surface area contributed by atoms with Crippen LogP contribution in [-0.4, -0.2) is 68.5 Å². The first-order valence-electron chi connectivity index (χ1n) is 8.25. The first-order chi connectivity index (χ1) is 11.4. The molecule has 0 aliphatic heterocycles. The van der Waals surface area contributed by atoms with Crippen molar-refractivity contribution in [1.82, 2.24) is 15.1 Å². The highest BCUT2D eigenvalue weighted by Gasteiger charge is 2.09. The van der Waals surface area contributed by atoms with Gasteiger partial charge in [-0.25, -0.2) is 0 Å². The summed E-state index contributed by atoms with van der Waals surface area (Å²) in [6, 6.07) is 7.55. The van der Waals surface area contributed by atoms with Gasteiger partial charge >= 0.3 is 0 Å². The molecule has 0 radical (unpaired) electrons. The largest absolute Gasteiger partial charge is 0.484 e. The van der Waals surface area contributed by atoms with E-state index in [-0.39, 0.29) is 18.4 Å². The summed E-state index contributed by atoms with van der Waals surface area (Å²) < 4.78 is 5.42. The van der Waals surface area contributed by atoms with E-state index in [1.165, 1.54) is 0 Å². The number of hydrogen-bond donors (Lipinski definition) is 1. The summed E-state index contributed by atoms with van der Waals surface area (Å²) in [6.07, 6.45) is 0.914. The second kappa shape index (κ2) is 10.6. The van der Waals surface area contributed by atoms with Crippen LogP contribution in [-0.2, 0) is 9.59 Å². The summed E-state index contributed by atoms with van der Waals surface area (Å²) in [5.74, 6) is 0.510. The number of carbonyl (C=O) groups is 2. The van der Waals surface area contributed by atoms with Crippen LogP contribution in [0.3, 0.4) is 0 Å². The summed E-state index contributed by atoms with van der Waals surface area (Å²) in [6.45, 7) is 6.10. The van der Waals surface area contributed by atoms with E-state index in [4.69, 9.17) is 4.74 Å². The molecule has 0 saturated heterocycles. The normalized spacial score (nSPS) is 10.5. The quantitative estimate of drug-likeness (QED) is 0.700. The monoisotopic (exact) mass is 335 g/mol. The van der Waals surface area contributed by atoms with Crippen molar-refractivity contribution in [3.63, 3.8) is 0 Å². The molecule has 6 heteroatoms. The summed E-state index contributed by atoms with van der Waals surface area (Å²) >= 11 is 0. The molecule has 0 bridgehead atoms. The van der Waals surface area contributed by atoms with E-state index in [1.54, 1.807) is 11.8 Å². The van der Waals surface area contributed by atoms with Gasteiger partial charge in [-0.2, -0.15) is 0 Å². The van der Waals surface area contributed by atoms with Gasteiger partial charge in [0.2, 0.25) is 5.91 Å². The lowest BCUT2D eigenvalue weighted by Gasteiger charge is -2.22. The van der Waals surface area contributed by atoms with E-state index in [0.29, 0.717) is 25.4 Å². The number of nitrogens with zero attached hydrogens (tertiary/aromatic N) is 2. The van der Waals surface area contributed by atoms with Gasteiger partial charge in [0.25, 0.3) is 5.91 Å². The molecule has 1 N–H and O–H groups in total. The molecule has 0 unspecified atom stereocenters. The Morgan fingerprint density at radius 2 is 1.75 bits per heavy atom. The molecule has 0 saturated carbocycles. The molecule has 0 atom stereocenters. The molecule has 0 fully saturated rings. The third-order valence-corrected chi connectivity index (χ3v) is 3.57. The van der Waals surface area contributed by atoms with Gasteiger partial charge in [-0.15, -0.1) is 0 Å². The summed E-state index contributed by atoms with van der Waals surface area (Å²) in [5.41, 5.74) is 1.14. The number of aryl methyl sites for hydroxylation is 1. The molecule has 2 amide bonds. The van der Waals surface area contributed by atoms with Gasteiger partial charge in [0, 0.05) is 26.6 Å². The minimum atomic E-state index is -0.188. The van der Waals surface area contributed by atoms with Crippen molar-refractivity contribution in [3.8, 4) is 5.75 Å². The molecule has 1 aromatic carbocycles. The average Bonchev–Trinajstić information content (AvgIpc) is 2.52. The lowest BCUT2D eigenvalue weighted by atomic mass is 10.2. The molecule has 1 rings (SSSR count). The van der Waals surface area contributed by atoms with Crippen molar-refractivity contribution in [2.75, 3.05) is 46.9 Å². The van der Waals surface area contributed by atoms with Gasteiger partial charge in [-0.3, -0.25) is 9.59 Å². The van der Waals surface area contributed by atoms with Gasteiger partial charge in [0.1, 0.15) is 5.75 Å². The predicted octanol–water partition coefficient (Wildman–Crippen LogP) is 1.29. The van der Waals surface area contributed by atoms with Crippen molar-refractivity contribution >= 4 is 11.8 Å². The van der Waals surface area contributed by atoms with Crippen molar-refractivity contribution in [2.45, 2.75) is 20.3 Å². The first-order valence-corrected chi connectivity index (χ1v) is 8.25. The molecule has 0 heterocycles. The van der Waals surface area contributed by atoms with Crippen molar-refractivity contribution in [3.05, 3.63) is 29.8 Å². The van der Waals surface area contributed by atoms with Crippen LogP contribution in [0, 0.1) is 6.92 Å². The first kappa shape index (κ1) is 20.0. The number of rotatable bonds is 10. The van der Waals surface area contributed by atoms with Crippen molar-refractivity contribution in [2.24, 2.45) is 0 Å². The fourth-order valence-electron chi connectivity index (χ4n) is 2.17.